The van der Waals surface area contributed by atoms with Crippen LogP contribution in [-0.4, -0.2) is 39.6 Å². The molecule has 0 saturated carbocycles. The van der Waals surface area contributed by atoms with Crippen molar-refractivity contribution < 1.29 is 25.1 Å². The van der Waals surface area contributed by atoms with E-state index in [1.54, 1.807) is 33.5 Å². The molecule has 1 aliphatic carbocycles. The number of aliphatic hydroxyl groups excluding tert-OH is 1. The Bertz CT molecular complexity index is 929. The fourth-order valence-corrected chi connectivity index (χ4v) is 3.73. The van der Waals surface area contributed by atoms with Crippen LogP contribution in [0.25, 0.3) is 11.1 Å². The number of benzene rings is 1. The van der Waals surface area contributed by atoms with Crippen molar-refractivity contribution in [1.82, 2.24) is 0 Å². The monoisotopic (exact) mass is 387 g/mol. The van der Waals surface area contributed by atoms with Gasteiger partial charge in [0.2, 0.25) is 11.2 Å². The third-order valence-corrected chi connectivity index (χ3v) is 5.09. The molecule has 0 heterocycles. The molecule has 1 aliphatic rings. The number of hydrogen-bond donors (Lipinski definition) is 3. The number of aliphatic hydroxyl groups is 1. The summed E-state index contributed by atoms with van der Waals surface area (Å²) in [6.07, 6.45) is 1.57. The number of methoxy groups -OCH3 is 3. The number of rotatable bonds is 6. The fraction of sp³-hybridized carbons (Fsp3) is 0.381. The predicted octanol–water partition coefficient (Wildman–Crippen LogP) is 1.37. The lowest BCUT2D eigenvalue weighted by Gasteiger charge is -2.19. The second kappa shape index (κ2) is 8.50. The Labute approximate surface area is 164 Å². The Morgan fingerprint density at radius 1 is 1.14 bits per heavy atom. The maximum atomic E-state index is 12.7. The smallest absolute Gasteiger partial charge is 0.203 e. The Hall–Kier alpha value is -2.77. The Morgan fingerprint density at radius 2 is 1.89 bits per heavy atom. The first-order valence-corrected chi connectivity index (χ1v) is 9.24. The normalized spacial score (nSPS) is 15.1. The maximum absolute atomic E-state index is 12.7. The van der Waals surface area contributed by atoms with Crippen LogP contribution in [0.2, 0.25) is 0 Å². The zero-order chi connectivity index (χ0) is 20.3. The summed E-state index contributed by atoms with van der Waals surface area (Å²) in [7, 11) is 4.77. The molecule has 2 aromatic carbocycles. The molecule has 0 bridgehead atoms. The Morgan fingerprint density at radius 3 is 2.54 bits per heavy atom. The third kappa shape index (κ3) is 3.50. The van der Waals surface area contributed by atoms with E-state index < -0.39 is 0 Å². The van der Waals surface area contributed by atoms with Gasteiger partial charge in [-0.05, 0) is 35.7 Å². The Balaban J connectivity index is 2.34. The van der Waals surface area contributed by atoms with Crippen LogP contribution < -0.4 is 30.7 Å². The topological polar surface area (TPSA) is 105 Å². The van der Waals surface area contributed by atoms with Crippen LogP contribution in [-0.2, 0) is 6.42 Å². The van der Waals surface area contributed by atoms with Gasteiger partial charge in [-0.1, -0.05) is 6.07 Å². The SMILES string of the molecule is COc1cc2c(c(OC)c1OC)-c1ccc(NCCO)c(=O)cc1[C@H]([NH3+])CC2. The molecule has 0 radical (unpaired) electrons. The average molecular weight is 387 g/mol. The van der Waals surface area contributed by atoms with Crippen LogP contribution >= 0.6 is 0 Å². The highest BCUT2D eigenvalue weighted by atomic mass is 16.5. The summed E-state index contributed by atoms with van der Waals surface area (Å²) in [6, 6.07) is 7.21. The molecule has 150 valence electrons. The summed E-state index contributed by atoms with van der Waals surface area (Å²) >= 11 is 0. The number of ether oxygens (including phenoxy) is 3. The van der Waals surface area contributed by atoms with Crippen molar-refractivity contribution in [3.05, 3.63) is 45.6 Å². The van der Waals surface area contributed by atoms with Gasteiger partial charge in [0.25, 0.3) is 0 Å². The minimum absolute atomic E-state index is 0.0464. The number of nitrogens with one attached hydrogen (secondary N) is 1. The predicted molar refractivity (Wildman–Crippen MR) is 107 cm³/mol. The Kier molecular flexibility index (Phi) is 6.06. The van der Waals surface area contributed by atoms with Gasteiger partial charge >= 0.3 is 0 Å². The van der Waals surface area contributed by atoms with E-state index in [-0.39, 0.29) is 18.1 Å². The molecule has 0 fully saturated rings. The molecule has 28 heavy (non-hydrogen) atoms. The lowest BCUT2D eigenvalue weighted by atomic mass is 9.95. The van der Waals surface area contributed by atoms with Crippen LogP contribution in [0.1, 0.15) is 23.6 Å². The number of hydrogen-bond acceptors (Lipinski definition) is 6. The zero-order valence-electron chi connectivity index (χ0n) is 16.5. The summed E-state index contributed by atoms with van der Waals surface area (Å²) in [5.41, 5.74) is 8.30. The van der Waals surface area contributed by atoms with E-state index in [9.17, 15) is 4.79 Å². The first-order chi connectivity index (χ1) is 13.5. The highest BCUT2D eigenvalue weighted by molar-refractivity contribution is 5.82. The molecule has 2 aromatic rings. The van der Waals surface area contributed by atoms with E-state index in [0.29, 0.717) is 29.5 Å². The van der Waals surface area contributed by atoms with E-state index in [0.717, 1.165) is 35.1 Å². The summed E-state index contributed by atoms with van der Waals surface area (Å²) in [4.78, 5) is 12.7. The molecule has 0 aromatic heterocycles. The van der Waals surface area contributed by atoms with Crippen LogP contribution in [0.4, 0.5) is 5.69 Å². The molecule has 3 rings (SSSR count). The lowest BCUT2D eigenvalue weighted by molar-refractivity contribution is -0.427. The second-order valence-electron chi connectivity index (χ2n) is 6.69. The van der Waals surface area contributed by atoms with Crippen LogP contribution in [0.15, 0.2) is 29.1 Å². The molecule has 0 aliphatic heterocycles. The van der Waals surface area contributed by atoms with Crippen LogP contribution in [0.3, 0.4) is 0 Å². The van der Waals surface area contributed by atoms with E-state index in [1.807, 2.05) is 12.1 Å². The minimum Gasteiger partial charge on any atom is -0.493 e. The van der Waals surface area contributed by atoms with E-state index in [1.165, 1.54) is 0 Å². The molecule has 0 amide bonds. The molecular weight excluding hydrogens is 360 g/mol. The van der Waals surface area contributed by atoms with Gasteiger partial charge in [0.15, 0.2) is 11.5 Å². The molecule has 0 unspecified atom stereocenters. The molecule has 0 saturated heterocycles. The zero-order valence-corrected chi connectivity index (χ0v) is 16.5. The van der Waals surface area contributed by atoms with Crippen molar-refractivity contribution >= 4 is 5.69 Å². The van der Waals surface area contributed by atoms with Gasteiger partial charge in [0, 0.05) is 24.1 Å². The standard InChI is InChI=1S/C21H26N2O5/c1-26-18-10-12-4-6-15(22)14-11-17(25)16(23-8-9-24)7-5-13(14)19(12)21(28-3)20(18)27-2/h5,7,10-11,15,24H,4,6,8-9,22H2,1-3H3,(H,23,25)/p+1/t15-/m1/s1. The second-order valence-corrected chi connectivity index (χ2v) is 6.69. The molecule has 0 spiro atoms. The van der Waals surface area contributed by atoms with Gasteiger partial charge in [-0.3, -0.25) is 4.79 Å². The van der Waals surface area contributed by atoms with Gasteiger partial charge in [-0.25, -0.2) is 0 Å². The molecule has 5 N–H and O–H groups in total. The van der Waals surface area contributed by atoms with Crippen molar-refractivity contribution in [3.63, 3.8) is 0 Å². The number of anilines is 1. The highest BCUT2D eigenvalue weighted by Crippen LogP contribution is 2.49. The molecule has 7 heteroatoms. The summed E-state index contributed by atoms with van der Waals surface area (Å²) in [6.45, 7) is 0.256. The van der Waals surface area contributed by atoms with E-state index in [4.69, 9.17) is 19.3 Å². The first kappa shape index (κ1) is 20.0. The minimum atomic E-state index is -0.133. The number of fused-ring (bicyclic) bond motifs is 3. The average Bonchev–Trinajstić information content (AvgIpc) is 2.94. The summed E-state index contributed by atoms with van der Waals surface area (Å²) < 4.78 is 16.8. The molecule has 7 nitrogen and oxygen atoms in total. The highest BCUT2D eigenvalue weighted by Gasteiger charge is 2.28. The quantitative estimate of drug-likeness (QED) is 0.692. The van der Waals surface area contributed by atoms with Gasteiger partial charge in [0.05, 0.1) is 33.6 Å². The maximum Gasteiger partial charge on any atom is 0.203 e. The largest absolute Gasteiger partial charge is 0.493 e. The molecular formula is C21H27N2O5+. The van der Waals surface area contributed by atoms with Gasteiger partial charge in [-0.15, -0.1) is 0 Å². The first-order valence-electron chi connectivity index (χ1n) is 9.24. The van der Waals surface area contributed by atoms with Crippen LogP contribution in [0.5, 0.6) is 17.2 Å². The lowest BCUT2D eigenvalue weighted by Crippen LogP contribution is -2.53. The van der Waals surface area contributed by atoms with Gasteiger partial charge in [-0.2, -0.15) is 0 Å². The van der Waals surface area contributed by atoms with Crippen molar-refractivity contribution in [1.29, 1.82) is 0 Å². The van der Waals surface area contributed by atoms with Crippen LogP contribution in [0, 0.1) is 0 Å². The van der Waals surface area contributed by atoms with Gasteiger partial charge < -0.3 is 30.4 Å². The van der Waals surface area contributed by atoms with Crippen molar-refractivity contribution in [2.45, 2.75) is 18.9 Å². The van der Waals surface area contributed by atoms with Gasteiger partial charge in [0.1, 0.15) is 6.04 Å². The van der Waals surface area contributed by atoms with E-state index in [2.05, 4.69) is 11.1 Å². The van der Waals surface area contributed by atoms with Crippen molar-refractivity contribution in [2.24, 2.45) is 0 Å². The third-order valence-electron chi connectivity index (χ3n) is 5.09. The molecule has 1 atom stereocenters. The number of aryl methyl sites for hydroxylation is 1. The van der Waals surface area contributed by atoms with E-state index >= 15 is 0 Å². The van der Waals surface area contributed by atoms with Crippen molar-refractivity contribution in [2.75, 3.05) is 39.8 Å². The fourth-order valence-electron chi connectivity index (χ4n) is 3.73. The summed E-state index contributed by atoms with van der Waals surface area (Å²) in [5, 5.41) is 12.0. The van der Waals surface area contributed by atoms with Crippen molar-refractivity contribution in [3.8, 4) is 28.4 Å². The number of quaternary nitrogens is 1. The summed E-state index contributed by atoms with van der Waals surface area (Å²) in [5.74, 6) is 1.71.